The molecule has 1 aliphatic heterocycles. The highest BCUT2D eigenvalue weighted by atomic mass is 14.9. The summed E-state index contributed by atoms with van der Waals surface area (Å²) in [5.74, 6) is 1.72. The van der Waals surface area contributed by atoms with Gasteiger partial charge in [-0.25, -0.2) is 0 Å². The van der Waals surface area contributed by atoms with Gasteiger partial charge < -0.3 is 10.6 Å². The molecule has 0 aromatic carbocycles. The molecule has 2 unspecified atom stereocenters. The first kappa shape index (κ1) is 14.0. The van der Waals surface area contributed by atoms with Crippen LogP contribution in [0.25, 0.3) is 0 Å². The van der Waals surface area contributed by atoms with E-state index < -0.39 is 0 Å². The Kier molecular flexibility index (Phi) is 7.87. The molecule has 0 radical (unpaired) electrons. The van der Waals surface area contributed by atoms with Crippen molar-refractivity contribution in [2.75, 3.05) is 26.2 Å². The van der Waals surface area contributed by atoms with E-state index in [1.807, 2.05) is 0 Å². The van der Waals surface area contributed by atoms with Gasteiger partial charge in [0.15, 0.2) is 0 Å². The second-order valence-corrected chi connectivity index (χ2v) is 5.37. The predicted octanol–water partition coefficient (Wildman–Crippen LogP) is 2.79. The van der Waals surface area contributed by atoms with Crippen LogP contribution in [0.1, 0.15) is 52.4 Å². The highest BCUT2D eigenvalue weighted by Gasteiger charge is 2.21. The van der Waals surface area contributed by atoms with Crippen molar-refractivity contribution in [2.24, 2.45) is 11.8 Å². The Morgan fingerprint density at radius 3 is 2.50 bits per heavy atom. The smallest absolute Gasteiger partial charge is 0.000523 e. The van der Waals surface area contributed by atoms with E-state index in [2.05, 4.69) is 24.5 Å². The van der Waals surface area contributed by atoms with Gasteiger partial charge >= 0.3 is 0 Å². The number of rotatable bonds is 9. The zero-order chi connectivity index (χ0) is 11.6. The minimum absolute atomic E-state index is 0.858. The highest BCUT2D eigenvalue weighted by molar-refractivity contribution is 4.79. The quantitative estimate of drug-likeness (QED) is 0.591. The summed E-state index contributed by atoms with van der Waals surface area (Å²) < 4.78 is 0. The van der Waals surface area contributed by atoms with Gasteiger partial charge in [-0.15, -0.1) is 0 Å². The second-order valence-electron chi connectivity index (χ2n) is 5.37. The van der Waals surface area contributed by atoms with Crippen LogP contribution < -0.4 is 10.6 Å². The van der Waals surface area contributed by atoms with Crippen molar-refractivity contribution in [2.45, 2.75) is 52.4 Å². The van der Waals surface area contributed by atoms with Gasteiger partial charge in [0, 0.05) is 0 Å². The lowest BCUT2D eigenvalue weighted by Crippen LogP contribution is -2.27. The highest BCUT2D eigenvalue weighted by Crippen LogP contribution is 2.14. The van der Waals surface area contributed by atoms with Crippen molar-refractivity contribution in [3.05, 3.63) is 0 Å². The first-order chi connectivity index (χ1) is 7.84. The van der Waals surface area contributed by atoms with Crippen molar-refractivity contribution in [1.29, 1.82) is 0 Å². The van der Waals surface area contributed by atoms with Gasteiger partial charge in [0.05, 0.1) is 0 Å². The van der Waals surface area contributed by atoms with Gasteiger partial charge in [-0.05, 0) is 44.4 Å². The summed E-state index contributed by atoms with van der Waals surface area (Å²) in [7, 11) is 0. The molecule has 2 N–H and O–H groups in total. The second kappa shape index (κ2) is 9.00. The lowest BCUT2D eigenvalue weighted by molar-refractivity contribution is 0.416. The van der Waals surface area contributed by atoms with Gasteiger partial charge in [0.1, 0.15) is 0 Å². The van der Waals surface area contributed by atoms with E-state index in [0.717, 1.165) is 11.8 Å². The zero-order valence-corrected chi connectivity index (χ0v) is 11.2. The molecule has 96 valence electrons. The molecule has 2 heteroatoms. The Morgan fingerprint density at radius 2 is 1.81 bits per heavy atom. The Labute approximate surface area is 102 Å². The first-order valence-corrected chi connectivity index (χ1v) is 7.26. The minimum atomic E-state index is 0.858. The molecule has 16 heavy (non-hydrogen) atoms. The van der Waals surface area contributed by atoms with E-state index in [1.165, 1.54) is 64.7 Å². The van der Waals surface area contributed by atoms with Crippen LogP contribution in [0.15, 0.2) is 0 Å². The fourth-order valence-corrected chi connectivity index (χ4v) is 2.46. The van der Waals surface area contributed by atoms with Gasteiger partial charge in [-0.3, -0.25) is 0 Å². The molecule has 2 atom stereocenters. The maximum absolute atomic E-state index is 3.61. The number of hydrogen-bond donors (Lipinski definition) is 2. The first-order valence-electron chi connectivity index (χ1n) is 7.26. The molecular formula is C14H30N2. The van der Waals surface area contributed by atoms with Crippen LogP contribution >= 0.6 is 0 Å². The van der Waals surface area contributed by atoms with Crippen LogP contribution in [0.5, 0.6) is 0 Å². The molecule has 1 aliphatic rings. The molecule has 0 amide bonds. The normalized spacial score (nSPS) is 25.1. The topological polar surface area (TPSA) is 24.1 Å². The Bertz CT molecular complexity index is 159. The van der Waals surface area contributed by atoms with Crippen LogP contribution in [-0.2, 0) is 0 Å². The van der Waals surface area contributed by atoms with E-state index in [1.54, 1.807) is 0 Å². The van der Waals surface area contributed by atoms with Gasteiger partial charge in [-0.2, -0.15) is 0 Å². The summed E-state index contributed by atoms with van der Waals surface area (Å²) >= 11 is 0. The summed E-state index contributed by atoms with van der Waals surface area (Å²) in [4.78, 5) is 0. The number of unbranched alkanes of at least 4 members (excludes halogenated alkanes) is 5. The van der Waals surface area contributed by atoms with Crippen LogP contribution in [0.2, 0.25) is 0 Å². The standard InChI is InChI=1S/C14H30N2/c1-3-4-5-6-7-8-9-15-11-14-12-16-10-13(14)2/h13-16H,3-12H2,1-2H3. The largest absolute Gasteiger partial charge is 0.316 e. The van der Waals surface area contributed by atoms with Crippen LogP contribution in [0.4, 0.5) is 0 Å². The van der Waals surface area contributed by atoms with Crippen LogP contribution in [0.3, 0.4) is 0 Å². The van der Waals surface area contributed by atoms with E-state index in [9.17, 15) is 0 Å². The SMILES string of the molecule is CCCCCCCCNCC1CNCC1C. The average Bonchev–Trinajstić information content (AvgIpc) is 2.68. The maximum atomic E-state index is 3.61. The molecule has 0 aromatic rings. The van der Waals surface area contributed by atoms with Crippen molar-refractivity contribution < 1.29 is 0 Å². The Balaban J connectivity index is 1.81. The summed E-state index contributed by atoms with van der Waals surface area (Å²) in [6, 6.07) is 0. The molecule has 1 saturated heterocycles. The minimum Gasteiger partial charge on any atom is -0.316 e. The molecule has 0 bridgehead atoms. The van der Waals surface area contributed by atoms with E-state index >= 15 is 0 Å². The molecule has 0 aromatic heterocycles. The molecule has 2 nitrogen and oxygen atoms in total. The molecule has 0 spiro atoms. The zero-order valence-electron chi connectivity index (χ0n) is 11.2. The average molecular weight is 226 g/mol. The third kappa shape index (κ3) is 5.86. The van der Waals surface area contributed by atoms with E-state index in [-0.39, 0.29) is 0 Å². The molecule has 1 heterocycles. The summed E-state index contributed by atoms with van der Waals surface area (Å²) in [5.41, 5.74) is 0. The van der Waals surface area contributed by atoms with Crippen molar-refractivity contribution in [3.8, 4) is 0 Å². The van der Waals surface area contributed by atoms with Crippen molar-refractivity contribution in [1.82, 2.24) is 10.6 Å². The lowest BCUT2D eigenvalue weighted by atomic mass is 9.98. The van der Waals surface area contributed by atoms with Gasteiger partial charge in [0.25, 0.3) is 0 Å². The maximum Gasteiger partial charge on any atom is -0.000523 e. The lowest BCUT2D eigenvalue weighted by Gasteiger charge is -2.14. The monoisotopic (exact) mass is 226 g/mol. The Morgan fingerprint density at radius 1 is 1.06 bits per heavy atom. The van der Waals surface area contributed by atoms with E-state index in [4.69, 9.17) is 0 Å². The van der Waals surface area contributed by atoms with Crippen molar-refractivity contribution in [3.63, 3.8) is 0 Å². The summed E-state index contributed by atoms with van der Waals surface area (Å²) in [6.45, 7) is 9.49. The summed E-state index contributed by atoms with van der Waals surface area (Å²) in [5, 5.41) is 7.07. The molecule has 1 rings (SSSR count). The van der Waals surface area contributed by atoms with Gasteiger partial charge in [-0.1, -0.05) is 46.0 Å². The molecule has 1 fully saturated rings. The van der Waals surface area contributed by atoms with Gasteiger partial charge in [0.2, 0.25) is 0 Å². The number of nitrogens with one attached hydrogen (secondary N) is 2. The third-order valence-corrected chi connectivity index (χ3v) is 3.79. The van der Waals surface area contributed by atoms with Crippen molar-refractivity contribution >= 4 is 0 Å². The van der Waals surface area contributed by atoms with Crippen LogP contribution in [0, 0.1) is 11.8 Å². The molecule has 0 saturated carbocycles. The Hall–Kier alpha value is -0.0800. The number of hydrogen-bond acceptors (Lipinski definition) is 2. The fraction of sp³-hybridized carbons (Fsp3) is 1.00. The van der Waals surface area contributed by atoms with E-state index in [0.29, 0.717) is 0 Å². The van der Waals surface area contributed by atoms with Crippen LogP contribution in [-0.4, -0.2) is 26.2 Å². The predicted molar refractivity (Wildman–Crippen MR) is 71.8 cm³/mol. The third-order valence-electron chi connectivity index (χ3n) is 3.79. The summed E-state index contributed by atoms with van der Waals surface area (Å²) in [6.07, 6.45) is 8.39. The fourth-order valence-electron chi connectivity index (χ4n) is 2.46. The molecular weight excluding hydrogens is 196 g/mol. The molecule has 0 aliphatic carbocycles.